The van der Waals surface area contributed by atoms with Crippen LogP contribution in [0, 0.1) is 5.92 Å². The molecule has 2 amide bonds. The zero-order valence-electron chi connectivity index (χ0n) is 12.2. The van der Waals surface area contributed by atoms with E-state index in [4.69, 9.17) is 4.74 Å². The fraction of sp³-hybridized carbons (Fsp3) is 0.312. The fourth-order valence-electron chi connectivity index (χ4n) is 2.65. The Kier molecular flexibility index (Phi) is 3.49. The Morgan fingerprint density at radius 3 is 3.04 bits per heavy atom. The van der Waals surface area contributed by atoms with Gasteiger partial charge in [-0.25, -0.2) is 4.98 Å². The number of carbonyl (C=O) groups is 2. The summed E-state index contributed by atoms with van der Waals surface area (Å²) < 4.78 is 5.31. The van der Waals surface area contributed by atoms with Gasteiger partial charge in [0.1, 0.15) is 10.8 Å². The Morgan fingerprint density at radius 2 is 2.30 bits per heavy atom. The van der Waals surface area contributed by atoms with Gasteiger partial charge < -0.3 is 15.4 Å². The number of thiazole rings is 1. The summed E-state index contributed by atoms with van der Waals surface area (Å²) in [5.41, 5.74) is 1.03. The van der Waals surface area contributed by atoms with Crippen molar-refractivity contribution in [3.05, 3.63) is 40.3 Å². The molecule has 1 aliphatic carbocycles. The third-order valence-electron chi connectivity index (χ3n) is 3.97. The SMILES string of the molecule is O=C1COc2ccc(C(=O)NC(c3nccs3)C3CC3)cc2N1. The molecule has 23 heavy (non-hydrogen) atoms. The van der Waals surface area contributed by atoms with Crippen molar-refractivity contribution in [3.8, 4) is 5.75 Å². The zero-order valence-corrected chi connectivity index (χ0v) is 13.1. The van der Waals surface area contributed by atoms with Gasteiger partial charge in [0, 0.05) is 17.1 Å². The maximum atomic E-state index is 12.6. The maximum Gasteiger partial charge on any atom is 0.262 e. The van der Waals surface area contributed by atoms with Gasteiger partial charge in [0.15, 0.2) is 6.61 Å². The first-order valence-electron chi connectivity index (χ1n) is 7.47. The van der Waals surface area contributed by atoms with Gasteiger partial charge in [0.25, 0.3) is 11.8 Å². The molecule has 0 saturated heterocycles. The number of carbonyl (C=O) groups excluding carboxylic acids is 2. The number of hydrogen-bond donors (Lipinski definition) is 2. The van der Waals surface area contributed by atoms with Crippen molar-refractivity contribution >= 4 is 28.8 Å². The van der Waals surface area contributed by atoms with Crippen LogP contribution in [0.15, 0.2) is 29.8 Å². The molecule has 118 valence electrons. The maximum absolute atomic E-state index is 12.6. The molecule has 1 unspecified atom stereocenters. The monoisotopic (exact) mass is 329 g/mol. The van der Waals surface area contributed by atoms with Gasteiger partial charge in [-0.3, -0.25) is 9.59 Å². The average Bonchev–Trinajstić information content (AvgIpc) is 3.25. The number of rotatable bonds is 4. The number of amides is 2. The first-order chi connectivity index (χ1) is 11.2. The minimum atomic E-state index is -0.214. The summed E-state index contributed by atoms with van der Waals surface area (Å²) in [6.45, 7) is 0.00629. The zero-order chi connectivity index (χ0) is 15.8. The van der Waals surface area contributed by atoms with E-state index in [1.807, 2.05) is 5.38 Å². The molecule has 1 aromatic carbocycles. The molecule has 1 saturated carbocycles. The van der Waals surface area contributed by atoms with Gasteiger partial charge in [-0.15, -0.1) is 11.3 Å². The van der Waals surface area contributed by atoms with E-state index < -0.39 is 0 Å². The van der Waals surface area contributed by atoms with Gasteiger partial charge in [-0.1, -0.05) is 0 Å². The molecule has 2 N–H and O–H groups in total. The molecular formula is C16H15N3O3S. The van der Waals surface area contributed by atoms with E-state index in [1.165, 1.54) is 0 Å². The molecule has 1 atom stereocenters. The summed E-state index contributed by atoms with van der Waals surface area (Å²) in [6, 6.07) is 5.02. The van der Waals surface area contributed by atoms with E-state index in [1.54, 1.807) is 35.7 Å². The van der Waals surface area contributed by atoms with Crippen LogP contribution in [0.1, 0.15) is 34.2 Å². The standard InChI is InChI=1S/C16H15N3O3S/c20-13-8-22-12-4-3-10(7-11(12)18-13)15(21)19-14(9-1-2-9)16-17-5-6-23-16/h3-7,9,14H,1-2,8H2,(H,18,20)(H,19,21). The third kappa shape index (κ3) is 2.92. The summed E-state index contributed by atoms with van der Waals surface area (Å²) in [5.74, 6) is 0.666. The smallest absolute Gasteiger partial charge is 0.262 e. The van der Waals surface area contributed by atoms with Crippen LogP contribution < -0.4 is 15.4 Å². The number of hydrogen-bond acceptors (Lipinski definition) is 5. The Hall–Kier alpha value is -2.41. The number of nitrogens with one attached hydrogen (secondary N) is 2. The molecule has 6 nitrogen and oxygen atoms in total. The van der Waals surface area contributed by atoms with E-state index in [0.717, 1.165) is 17.8 Å². The number of ether oxygens (including phenoxy) is 1. The van der Waals surface area contributed by atoms with Crippen molar-refractivity contribution in [2.24, 2.45) is 5.92 Å². The number of fused-ring (bicyclic) bond motifs is 1. The van der Waals surface area contributed by atoms with Gasteiger partial charge in [0.05, 0.1) is 11.7 Å². The average molecular weight is 329 g/mol. The van der Waals surface area contributed by atoms with Gasteiger partial charge in [-0.2, -0.15) is 0 Å². The topological polar surface area (TPSA) is 80.3 Å². The molecule has 0 radical (unpaired) electrons. The summed E-state index contributed by atoms with van der Waals surface area (Å²) in [7, 11) is 0. The van der Waals surface area contributed by atoms with E-state index in [9.17, 15) is 9.59 Å². The number of nitrogens with zero attached hydrogens (tertiary/aromatic N) is 1. The van der Waals surface area contributed by atoms with Gasteiger partial charge in [-0.05, 0) is 37.0 Å². The number of aromatic nitrogens is 1. The number of benzene rings is 1. The Morgan fingerprint density at radius 1 is 1.43 bits per heavy atom. The normalized spacial score (nSPS) is 17.7. The summed E-state index contributed by atoms with van der Waals surface area (Å²) in [5, 5.41) is 8.65. The highest BCUT2D eigenvalue weighted by molar-refractivity contribution is 7.09. The molecule has 2 heterocycles. The van der Waals surface area contributed by atoms with Crippen LogP contribution in [0.4, 0.5) is 5.69 Å². The highest BCUT2D eigenvalue weighted by Crippen LogP contribution is 2.41. The lowest BCUT2D eigenvalue weighted by atomic mass is 10.1. The van der Waals surface area contributed by atoms with E-state index in [2.05, 4.69) is 15.6 Å². The van der Waals surface area contributed by atoms with Crippen molar-refractivity contribution in [2.45, 2.75) is 18.9 Å². The number of anilines is 1. The minimum absolute atomic E-state index is 0.00629. The molecule has 1 fully saturated rings. The predicted octanol–water partition coefficient (Wildman–Crippen LogP) is 2.36. The fourth-order valence-corrected chi connectivity index (χ4v) is 3.43. The first-order valence-corrected chi connectivity index (χ1v) is 8.35. The summed E-state index contributed by atoms with van der Waals surface area (Å²) >= 11 is 1.56. The molecule has 0 spiro atoms. The van der Waals surface area contributed by atoms with Crippen molar-refractivity contribution in [1.82, 2.24) is 10.3 Å². The molecule has 4 rings (SSSR count). The van der Waals surface area contributed by atoms with Crippen molar-refractivity contribution in [1.29, 1.82) is 0 Å². The van der Waals surface area contributed by atoms with Crippen molar-refractivity contribution in [3.63, 3.8) is 0 Å². The molecule has 2 aromatic rings. The third-order valence-corrected chi connectivity index (χ3v) is 4.83. The highest BCUT2D eigenvalue weighted by Gasteiger charge is 2.35. The molecule has 2 aliphatic rings. The quantitative estimate of drug-likeness (QED) is 0.902. The van der Waals surface area contributed by atoms with E-state index in [0.29, 0.717) is 22.9 Å². The van der Waals surface area contributed by atoms with Crippen LogP contribution in [-0.4, -0.2) is 23.4 Å². The predicted molar refractivity (Wildman–Crippen MR) is 85.6 cm³/mol. The van der Waals surface area contributed by atoms with Crippen LogP contribution in [0.3, 0.4) is 0 Å². The van der Waals surface area contributed by atoms with Crippen LogP contribution >= 0.6 is 11.3 Å². The molecule has 1 aliphatic heterocycles. The molecule has 0 bridgehead atoms. The van der Waals surface area contributed by atoms with E-state index >= 15 is 0 Å². The Balaban J connectivity index is 1.54. The van der Waals surface area contributed by atoms with Crippen LogP contribution in [0.25, 0.3) is 0 Å². The molecule has 7 heteroatoms. The lowest BCUT2D eigenvalue weighted by Gasteiger charge is -2.19. The van der Waals surface area contributed by atoms with E-state index in [-0.39, 0.29) is 24.5 Å². The Labute approximate surface area is 136 Å². The van der Waals surface area contributed by atoms with Crippen LogP contribution in [0.5, 0.6) is 5.75 Å². The summed E-state index contributed by atoms with van der Waals surface area (Å²) in [6.07, 6.45) is 3.98. The van der Waals surface area contributed by atoms with Crippen LogP contribution in [-0.2, 0) is 4.79 Å². The summed E-state index contributed by atoms with van der Waals surface area (Å²) in [4.78, 5) is 28.3. The lowest BCUT2D eigenvalue weighted by molar-refractivity contribution is -0.118. The molecule has 1 aromatic heterocycles. The second-order valence-corrected chi connectivity index (χ2v) is 6.63. The Bertz CT molecular complexity index is 756. The van der Waals surface area contributed by atoms with Gasteiger partial charge >= 0.3 is 0 Å². The minimum Gasteiger partial charge on any atom is -0.482 e. The molecular weight excluding hydrogens is 314 g/mol. The second kappa shape index (κ2) is 5.66. The van der Waals surface area contributed by atoms with Gasteiger partial charge in [0.2, 0.25) is 0 Å². The second-order valence-electron chi connectivity index (χ2n) is 5.71. The van der Waals surface area contributed by atoms with Crippen molar-refractivity contribution in [2.75, 3.05) is 11.9 Å². The highest BCUT2D eigenvalue weighted by atomic mass is 32.1. The lowest BCUT2D eigenvalue weighted by Crippen LogP contribution is -2.30. The van der Waals surface area contributed by atoms with Crippen molar-refractivity contribution < 1.29 is 14.3 Å². The first kappa shape index (κ1) is 14.2. The van der Waals surface area contributed by atoms with Crippen LogP contribution in [0.2, 0.25) is 0 Å². The largest absolute Gasteiger partial charge is 0.482 e.